The fraction of sp³-hybridized carbons (Fsp3) is 0.571. The molecule has 0 aliphatic carbocycles. The van der Waals surface area contributed by atoms with Gasteiger partial charge in [0.1, 0.15) is 0 Å². The van der Waals surface area contributed by atoms with E-state index in [1.54, 1.807) is 0 Å². The van der Waals surface area contributed by atoms with Gasteiger partial charge in [0.05, 0.1) is 13.0 Å². The van der Waals surface area contributed by atoms with Crippen molar-refractivity contribution in [3.63, 3.8) is 0 Å². The van der Waals surface area contributed by atoms with E-state index in [1.807, 2.05) is 39.0 Å². The van der Waals surface area contributed by atoms with Gasteiger partial charge < -0.3 is 0 Å². The highest BCUT2D eigenvalue weighted by atomic mass is 32.2. The number of nitrogens with zero attached hydrogens (tertiary/aromatic N) is 1. The van der Waals surface area contributed by atoms with Crippen molar-refractivity contribution in [2.75, 3.05) is 13.1 Å². The molecule has 0 bridgehead atoms. The first kappa shape index (κ1) is 16.4. The number of hydrogen-bond acceptors (Lipinski definition) is 2. The molecule has 3 nitrogen and oxygen atoms in total. The second-order valence-electron chi connectivity index (χ2n) is 5.84. The molecule has 0 aromatic heterocycles. The molecule has 5 heteroatoms. The monoisotopic (exact) mass is 299 g/mol. The van der Waals surface area contributed by atoms with Crippen LogP contribution in [0.15, 0.2) is 23.1 Å². The molecule has 0 N–H and O–H groups in total. The summed E-state index contributed by atoms with van der Waals surface area (Å²) < 4.78 is 27.1. The van der Waals surface area contributed by atoms with Crippen LogP contribution in [0.3, 0.4) is 0 Å². The van der Waals surface area contributed by atoms with Crippen LogP contribution in [0.4, 0.5) is 0 Å². The highest BCUT2D eigenvalue weighted by Gasteiger charge is 2.30. The maximum atomic E-state index is 12.8. The van der Waals surface area contributed by atoms with Crippen molar-refractivity contribution in [1.82, 2.24) is 4.31 Å². The van der Waals surface area contributed by atoms with Gasteiger partial charge in [0.15, 0.2) is 0 Å². The van der Waals surface area contributed by atoms with Crippen molar-refractivity contribution in [3.8, 4) is 0 Å². The molecule has 0 spiro atoms. The molecule has 0 atom stereocenters. The Hall–Kier alpha value is -0.653. The molecular formula is C14H25NO2SSi. The Balaban J connectivity index is 3.53. The zero-order chi connectivity index (χ0) is 14.8. The Labute approximate surface area is 118 Å². The quantitative estimate of drug-likeness (QED) is 0.784. The summed E-state index contributed by atoms with van der Waals surface area (Å²) in [7, 11) is -5.06. The van der Waals surface area contributed by atoms with E-state index in [-0.39, 0.29) is 0 Å². The third-order valence-electron chi connectivity index (χ3n) is 3.27. The predicted octanol–water partition coefficient (Wildman–Crippen LogP) is 2.57. The Morgan fingerprint density at radius 1 is 1.11 bits per heavy atom. The zero-order valence-electron chi connectivity index (χ0n) is 12.8. The van der Waals surface area contributed by atoms with Gasteiger partial charge in [0.2, 0.25) is 10.0 Å². The summed E-state index contributed by atoms with van der Waals surface area (Å²) in [6.45, 7) is 13.3. The van der Waals surface area contributed by atoms with E-state index in [1.165, 1.54) is 4.31 Å². The minimum Gasteiger partial charge on any atom is -0.207 e. The number of hydrogen-bond donors (Lipinski definition) is 0. The van der Waals surface area contributed by atoms with Gasteiger partial charge in [-0.3, -0.25) is 0 Å². The SMILES string of the molecule is CCN(CC)S(=O)(=O)c1cc(C)ccc1[Si](C)(C)C. The third-order valence-corrected chi connectivity index (χ3v) is 7.59. The average molecular weight is 300 g/mol. The fourth-order valence-corrected chi connectivity index (χ4v) is 6.50. The van der Waals surface area contributed by atoms with Gasteiger partial charge in [-0.15, -0.1) is 0 Å². The lowest BCUT2D eigenvalue weighted by Gasteiger charge is -2.25. The van der Waals surface area contributed by atoms with Gasteiger partial charge in [-0.25, -0.2) is 8.42 Å². The van der Waals surface area contributed by atoms with Crippen LogP contribution < -0.4 is 5.19 Å². The minimum atomic E-state index is -3.37. The molecule has 0 amide bonds. The Morgan fingerprint density at radius 2 is 1.63 bits per heavy atom. The molecule has 0 radical (unpaired) electrons. The van der Waals surface area contributed by atoms with E-state index in [9.17, 15) is 8.42 Å². The molecule has 0 saturated heterocycles. The second-order valence-corrected chi connectivity index (χ2v) is 12.8. The second kappa shape index (κ2) is 5.77. The largest absolute Gasteiger partial charge is 0.242 e. The number of benzene rings is 1. The Morgan fingerprint density at radius 3 is 2.05 bits per heavy atom. The predicted molar refractivity (Wildman–Crippen MR) is 84.3 cm³/mol. The topological polar surface area (TPSA) is 37.4 Å². The summed E-state index contributed by atoms with van der Waals surface area (Å²) in [6.07, 6.45) is 0. The first-order valence-corrected chi connectivity index (χ1v) is 11.7. The highest BCUT2D eigenvalue weighted by molar-refractivity contribution is 7.89. The molecule has 1 aromatic carbocycles. The van der Waals surface area contributed by atoms with E-state index in [4.69, 9.17) is 0 Å². The van der Waals surface area contributed by atoms with Crippen LogP contribution in [-0.2, 0) is 10.0 Å². The molecule has 0 aliphatic heterocycles. The van der Waals surface area contributed by atoms with E-state index < -0.39 is 18.1 Å². The first-order chi connectivity index (χ1) is 8.64. The molecule has 0 unspecified atom stereocenters. The maximum Gasteiger partial charge on any atom is 0.242 e. The van der Waals surface area contributed by atoms with Crippen LogP contribution >= 0.6 is 0 Å². The molecular weight excluding hydrogens is 274 g/mol. The number of sulfonamides is 1. The molecule has 0 fully saturated rings. The first-order valence-electron chi connectivity index (χ1n) is 6.75. The lowest BCUT2D eigenvalue weighted by Crippen LogP contribution is -2.44. The smallest absolute Gasteiger partial charge is 0.207 e. The molecule has 108 valence electrons. The fourth-order valence-electron chi connectivity index (χ4n) is 2.17. The van der Waals surface area contributed by atoms with E-state index in [0.717, 1.165) is 10.8 Å². The summed E-state index contributed by atoms with van der Waals surface area (Å²) in [5.41, 5.74) is 0.993. The van der Waals surface area contributed by atoms with Crippen molar-refractivity contribution >= 4 is 23.3 Å². The minimum absolute atomic E-state index is 0.510. The highest BCUT2D eigenvalue weighted by Crippen LogP contribution is 2.18. The van der Waals surface area contributed by atoms with Crippen LogP contribution in [0.5, 0.6) is 0 Å². The van der Waals surface area contributed by atoms with Crippen LogP contribution in [0.2, 0.25) is 19.6 Å². The lowest BCUT2D eigenvalue weighted by molar-refractivity contribution is 0.445. The van der Waals surface area contributed by atoms with Crippen molar-refractivity contribution in [3.05, 3.63) is 23.8 Å². The molecule has 0 aliphatic rings. The van der Waals surface area contributed by atoms with Gasteiger partial charge in [-0.05, 0) is 23.7 Å². The Kier molecular flexibility index (Phi) is 4.98. The molecule has 1 aromatic rings. The van der Waals surface area contributed by atoms with Gasteiger partial charge in [-0.1, -0.05) is 45.6 Å². The molecule has 19 heavy (non-hydrogen) atoms. The summed E-state index contributed by atoms with van der Waals surface area (Å²) in [6, 6.07) is 5.83. The number of rotatable bonds is 5. The van der Waals surface area contributed by atoms with Crippen molar-refractivity contribution in [2.24, 2.45) is 0 Å². The van der Waals surface area contributed by atoms with Gasteiger partial charge >= 0.3 is 0 Å². The summed E-state index contributed by atoms with van der Waals surface area (Å²) in [5.74, 6) is 0. The average Bonchev–Trinajstić information content (AvgIpc) is 2.28. The molecule has 0 heterocycles. The van der Waals surface area contributed by atoms with Crippen LogP contribution in [0.1, 0.15) is 19.4 Å². The zero-order valence-corrected chi connectivity index (χ0v) is 14.6. The lowest BCUT2D eigenvalue weighted by atomic mass is 10.2. The summed E-state index contributed by atoms with van der Waals surface area (Å²) in [5, 5.41) is 1.02. The maximum absolute atomic E-state index is 12.8. The van der Waals surface area contributed by atoms with Crippen molar-refractivity contribution in [1.29, 1.82) is 0 Å². The molecule has 0 saturated carbocycles. The van der Waals surface area contributed by atoms with Crippen molar-refractivity contribution < 1.29 is 8.42 Å². The third kappa shape index (κ3) is 3.46. The number of aryl methyl sites for hydroxylation is 1. The van der Waals surface area contributed by atoms with Crippen molar-refractivity contribution in [2.45, 2.75) is 45.3 Å². The standard InChI is InChI=1S/C14H25NO2SSi/c1-7-15(8-2)18(16,17)13-11-12(3)9-10-14(13)19(4,5)6/h9-11H,7-8H2,1-6H3. The summed E-state index contributed by atoms with van der Waals surface area (Å²) in [4.78, 5) is 0.510. The van der Waals surface area contributed by atoms with Crippen LogP contribution in [-0.4, -0.2) is 33.9 Å². The normalized spacial score (nSPS) is 13.0. The van der Waals surface area contributed by atoms with Gasteiger partial charge in [0.25, 0.3) is 0 Å². The van der Waals surface area contributed by atoms with Gasteiger partial charge in [0, 0.05) is 13.1 Å². The van der Waals surface area contributed by atoms with E-state index >= 15 is 0 Å². The van der Waals surface area contributed by atoms with E-state index in [0.29, 0.717) is 18.0 Å². The molecule has 1 rings (SSSR count). The van der Waals surface area contributed by atoms with Crippen LogP contribution in [0, 0.1) is 6.92 Å². The van der Waals surface area contributed by atoms with Gasteiger partial charge in [-0.2, -0.15) is 4.31 Å². The van der Waals surface area contributed by atoms with E-state index in [2.05, 4.69) is 19.6 Å². The summed E-state index contributed by atoms with van der Waals surface area (Å²) >= 11 is 0. The Bertz CT molecular complexity index is 543. The van der Waals surface area contributed by atoms with Crippen LogP contribution in [0.25, 0.3) is 0 Å².